The number of nitrogens with zero attached hydrogens (tertiary/aromatic N) is 1. The molecule has 0 aromatic heterocycles. The Morgan fingerprint density at radius 3 is 2.22 bits per heavy atom. The van der Waals surface area contributed by atoms with Crippen LogP contribution in [0.3, 0.4) is 0 Å². The van der Waals surface area contributed by atoms with Gasteiger partial charge in [-0.2, -0.15) is 0 Å². The molecular formula is C16H29NO. The normalized spacial score (nSPS) is 20.4. The first kappa shape index (κ1) is 19.2. The van der Waals surface area contributed by atoms with Crippen LogP contribution in [0, 0.1) is 0 Å². The van der Waals surface area contributed by atoms with Crippen LogP contribution in [0.4, 0.5) is 0 Å². The molecule has 0 atom stereocenters. The molecule has 0 unspecified atom stereocenters. The Morgan fingerprint density at radius 2 is 1.78 bits per heavy atom. The van der Waals surface area contributed by atoms with Gasteiger partial charge in [0.2, 0.25) is 0 Å². The van der Waals surface area contributed by atoms with Crippen LogP contribution in [-0.2, 0) is 4.79 Å². The van der Waals surface area contributed by atoms with E-state index in [1.807, 2.05) is 53.8 Å². The number of hydrogen-bond acceptors (Lipinski definition) is 2. The van der Waals surface area contributed by atoms with Gasteiger partial charge in [0.25, 0.3) is 0 Å². The number of carbonyl (C=O) groups is 1. The van der Waals surface area contributed by atoms with E-state index in [-0.39, 0.29) is 5.78 Å². The second-order valence-corrected chi connectivity index (χ2v) is 3.54. The first-order valence-electron chi connectivity index (χ1n) is 6.89. The van der Waals surface area contributed by atoms with Gasteiger partial charge < -0.3 is 0 Å². The summed E-state index contributed by atoms with van der Waals surface area (Å²) in [6.07, 6.45) is 6.51. The molecule has 0 aromatic carbocycles. The van der Waals surface area contributed by atoms with Crippen molar-refractivity contribution in [2.75, 3.05) is 20.1 Å². The summed E-state index contributed by atoms with van der Waals surface area (Å²) in [6.45, 7) is 15.0. The number of ketones is 1. The molecule has 1 aliphatic rings. The molecule has 0 aliphatic carbocycles. The van der Waals surface area contributed by atoms with Gasteiger partial charge in [-0.1, -0.05) is 52.5 Å². The fourth-order valence-corrected chi connectivity index (χ4v) is 1.70. The number of likely N-dealkylation sites (N-methyl/N-ethyl adjacent to an activating group) is 1. The van der Waals surface area contributed by atoms with Crippen LogP contribution in [0.25, 0.3) is 0 Å². The van der Waals surface area contributed by atoms with Crippen LogP contribution < -0.4 is 0 Å². The minimum absolute atomic E-state index is 0.209. The lowest BCUT2D eigenvalue weighted by atomic mass is 10.00. The highest BCUT2D eigenvalue weighted by Crippen LogP contribution is 2.19. The molecule has 2 heteroatoms. The zero-order valence-corrected chi connectivity index (χ0v) is 12.9. The Kier molecular flexibility index (Phi) is 13.1. The van der Waals surface area contributed by atoms with Crippen molar-refractivity contribution in [1.29, 1.82) is 0 Å². The standard InChI is InChI=1S/C12H17NO.2C2H6/c1-4-6-10-7-8-13(3)9-12(14)11(10)5-2;2*1-2/h4-6H,1,7-9H2,2-3H3;2*1-2H3/b10-6-,11-5+;;. The topological polar surface area (TPSA) is 20.3 Å². The lowest BCUT2D eigenvalue weighted by Crippen LogP contribution is -2.24. The molecule has 1 aliphatic heterocycles. The lowest BCUT2D eigenvalue weighted by molar-refractivity contribution is -0.115. The Labute approximate surface area is 113 Å². The summed E-state index contributed by atoms with van der Waals surface area (Å²) < 4.78 is 0. The van der Waals surface area contributed by atoms with Gasteiger partial charge in [-0.25, -0.2) is 0 Å². The smallest absolute Gasteiger partial charge is 0.176 e. The molecule has 0 N–H and O–H groups in total. The first-order valence-corrected chi connectivity index (χ1v) is 6.89. The van der Waals surface area contributed by atoms with Crippen LogP contribution in [0.5, 0.6) is 0 Å². The number of rotatable bonds is 1. The van der Waals surface area contributed by atoms with Crippen molar-refractivity contribution in [2.24, 2.45) is 0 Å². The quantitative estimate of drug-likeness (QED) is 0.656. The minimum Gasteiger partial charge on any atom is -0.299 e. The largest absolute Gasteiger partial charge is 0.299 e. The second-order valence-electron chi connectivity index (χ2n) is 3.54. The van der Waals surface area contributed by atoms with Crippen LogP contribution in [-0.4, -0.2) is 30.8 Å². The molecule has 1 heterocycles. The van der Waals surface area contributed by atoms with Crippen molar-refractivity contribution in [2.45, 2.75) is 41.0 Å². The minimum atomic E-state index is 0.209. The van der Waals surface area contributed by atoms with Gasteiger partial charge in [0.05, 0.1) is 6.54 Å². The highest BCUT2D eigenvalue weighted by atomic mass is 16.1. The summed E-state index contributed by atoms with van der Waals surface area (Å²) in [5.41, 5.74) is 1.96. The van der Waals surface area contributed by atoms with Crippen molar-refractivity contribution in [3.05, 3.63) is 36.0 Å². The average molecular weight is 251 g/mol. The Morgan fingerprint density at radius 1 is 1.22 bits per heavy atom. The van der Waals surface area contributed by atoms with Crippen LogP contribution in [0.1, 0.15) is 41.0 Å². The Bertz CT molecular complexity index is 300. The monoisotopic (exact) mass is 251 g/mol. The summed E-state index contributed by atoms with van der Waals surface area (Å²) in [4.78, 5) is 13.8. The van der Waals surface area contributed by atoms with E-state index in [4.69, 9.17) is 0 Å². The molecule has 1 fully saturated rings. The summed E-state index contributed by atoms with van der Waals surface area (Å²) >= 11 is 0. The number of carbonyl (C=O) groups excluding carboxylic acids is 1. The number of likely N-dealkylation sites (tertiary alicyclic amines) is 1. The molecule has 0 bridgehead atoms. The molecule has 0 radical (unpaired) electrons. The molecule has 0 spiro atoms. The number of Topliss-reactive ketones (excluding diaryl/α,β-unsaturated/α-hetero) is 1. The summed E-state index contributed by atoms with van der Waals surface area (Å²) in [7, 11) is 1.97. The van der Waals surface area contributed by atoms with Crippen molar-refractivity contribution in [3.8, 4) is 0 Å². The zero-order chi connectivity index (χ0) is 14.6. The molecule has 104 valence electrons. The van der Waals surface area contributed by atoms with Gasteiger partial charge in [0.15, 0.2) is 5.78 Å². The molecule has 18 heavy (non-hydrogen) atoms. The predicted octanol–water partition coefficient (Wildman–Crippen LogP) is 4.00. The SMILES string of the molecule is C=C/C=C1/CCN(C)CC(=O)/C1=C/C.CC.CC. The highest BCUT2D eigenvalue weighted by molar-refractivity contribution is 6.01. The fourth-order valence-electron chi connectivity index (χ4n) is 1.70. The first-order chi connectivity index (χ1) is 8.69. The fraction of sp³-hybridized carbons (Fsp3) is 0.562. The third-order valence-corrected chi connectivity index (χ3v) is 2.43. The number of hydrogen-bond donors (Lipinski definition) is 0. The Hall–Kier alpha value is -1.15. The third kappa shape index (κ3) is 6.55. The van der Waals surface area contributed by atoms with E-state index in [2.05, 4.69) is 11.5 Å². The molecule has 1 saturated heterocycles. The lowest BCUT2D eigenvalue weighted by Gasteiger charge is -2.09. The van der Waals surface area contributed by atoms with E-state index in [0.717, 1.165) is 24.1 Å². The third-order valence-electron chi connectivity index (χ3n) is 2.43. The van der Waals surface area contributed by atoms with Gasteiger partial charge in [-0.15, -0.1) is 0 Å². The summed E-state index contributed by atoms with van der Waals surface area (Å²) in [5, 5.41) is 0. The van der Waals surface area contributed by atoms with E-state index >= 15 is 0 Å². The van der Waals surface area contributed by atoms with Crippen molar-refractivity contribution in [1.82, 2.24) is 4.90 Å². The van der Waals surface area contributed by atoms with Crippen molar-refractivity contribution >= 4 is 5.78 Å². The summed E-state index contributed by atoms with van der Waals surface area (Å²) in [5.74, 6) is 0.209. The van der Waals surface area contributed by atoms with Crippen LogP contribution >= 0.6 is 0 Å². The van der Waals surface area contributed by atoms with Gasteiger partial charge >= 0.3 is 0 Å². The molecular weight excluding hydrogens is 222 g/mol. The van der Waals surface area contributed by atoms with E-state index in [1.54, 1.807) is 6.08 Å². The van der Waals surface area contributed by atoms with Crippen LogP contribution in [0.2, 0.25) is 0 Å². The summed E-state index contributed by atoms with van der Waals surface area (Å²) in [6, 6.07) is 0. The van der Waals surface area contributed by atoms with E-state index in [0.29, 0.717) is 6.54 Å². The van der Waals surface area contributed by atoms with Gasteiger partial charge in [-0.05, 0) is 26.0 Å². The maximum atomic E-state index is 11.8. The predicted molar refractivity (Wildman–Crippen MR) is 81.9 cm³/mol. The molecule has 2 nitrogen and oxygen atoms in total. The van der Waals surface area contributed by atoms with Crippen LogP contribution in [0.15, 0.2) is 36.0 Å². The van der Waals surface area contributed by atoms with Gasteiger partial charge in [0.1, 0.15) is 0 Å². The molecule has 0 amide bonds. The van der Waals surface area contributed by atoms with Gasteiger partial charge in [-0.3, -0.25) is 9.69 Å². The van der Waals surface area contributed by atoms with E-state index in [1.165, 1.54) is 0 Å². The maximum absolute atomic E-state index is 11.8. The van der Waals surface area contributed by atoms with Crippen molar-refractivity contribution < 1.29 is 4.79 Å². The van der Waals surface area contributed by atoms with E-state index < -0.39 is 0 Å². The van der Waals surface area contributed by atoms with E-state index in [9.17, 15) is 4.79 Å². The number of allylic oxidation sites excluding steroid dienone is 3. The second kappa shape index (κ2) is 12.3. The zero-order valence-electron chi connectivity index (χ0n) is 12.9. The average Bonchev–Trinajstić information content (AvgIpc) is 2.53. The molecule has 1 rings (SSSR count). The van der Waals surface area contributed by atoms with Crippen molar-refractivity contribution in [3.63, 3.8) is 0 Å². The van der Waals surface area contributed by atoms with Gasteiger partial charge in [0, 0.05) is 12.1 Å². The Balaban J connectivity index is 0. The maximum Gasteiger partial charge on any atom is 0.176 e. The molecule has 0 saturated carbocycles. The highest BCUT2D eigenvalue weighted by Gasteiger charge is 2.19. The molecule has 0 aromatic rings.